The number of amides is 1. The molecule has 4 heterocycles. The second kappa shape index (κ2) is 11.3. The standard InChI is InChI=1S/C32H38N8O2/c1-21(41)35-27-15-28(31(42-2)16-30(27)39-13-11-38(12-14-39)19-22-17-33-18-22)37-32-34-10-9-26(36-32)25-20-40(23-7-8-23)29-6-4-3-5-24(25)29/h3-6,9-10,15-16,20,22-23,33H,7-8,11-14,17-19H2,1-2H3,(H,35,41)(H,34,36,37). The van der Waals surface area contributed by atoms with Crippen LogP contribution in [0.5, 0.6) is 5.75 Å². The topological polar surface area (TPSA) is 99.6 Å². The van der Waals surface area contributed by atoms with Gasteiger partial charge in [0.05, 0.1) is 29.9 Å². The molecule has 10 heteroatoms. The van der Waals surface area contributed by atoms with Crippen LogP contribution in [0.4, 0.5) is 23.0 Å². The first kappa shape index (κ1) is 26.7. The van der Waals surface area contributed by atoms with Gasteiger partial charge in [-0.25, -0.2) is 9.97 Å². The quantitative estimate of drug-likeness (QED) is 0.273. The van der Waals surface area contributed by atoms with Gasteiger partial charge in [-0.3, -0.25) is 9.69 Å². The number of rotatable bonds is 9. The molecule has 0 spiro atoms. The van der Waals surface area contributed by atoms with Gasteiger partial charge in [-0.05, 0) is 37.0 Å². The average molecular weight is 567 g/mol. The number of nitrogens with zero attached hydrogens (tertiary/aromatic N) is 5. The van der Waals surface area contributed by atoms with E-state index in [0.29, 0.717) is 23.4 Å². The number of para-hydroxylation sites is 1. The van der Waals surface area contributed by atoms with Gasteiger partial charge in [0.15, 0.2) is 0 Å². The maximum atomic E-state index is 12.2. The lowest BCUT2D eigenvalue weighted by atomic mass is 10.0. The molecule has 4 aromatic rings. The van der Waals surface area contributed by atoms with E-state index in [-0.39, 0.29) is 5.91 Å². The second-order valence-corrected chi connectivity index (χ2v) is 11.7. The van der Waals surface area contributed by atoms with Crippen LogP contribution in [-0.4, -0.2) is 78.3 Å². The first-order valence-electron chi connectivity index (χ1n) is 14.9. The van der Waals surface area contributed by atoms with E-state index >= 15 is 0 Å². The highest BCUT2D eigenvalue weighted by atomic mass is 16.5. The Morgan fingerprint density at radius 2 is 1.88 bits per heavy atom. The van der Waals surface area contributed by atoms with E-state index in [2.05, 4.69) is 65.8 Å². The second-order valence-electron chi connectivity index (χ2n) is 11.7. The van der Waals surface area contributed by atoms with Crippen molar-refractivity contribution in [3.63, 3.8) is 0 Å². The summed E-state index contributed by atoms with van der Waals surface area (Å²) in [6, 6.07) is 15.0. The summed E-state index contributed by atoms with van der Waals surface area (Å²) in [5.41, 5.74) is 5.58. The number of aromatic nitrogens is 3. The summed E-state index contributed by atoms with van der Waals surface area (Å²) in [6.45, 7) is 8.70. The van der Waals surface area contributed by atoms with Gasteiger partial charge >= 0.3 is 0 Å². The lowest BCUT2D eigenvalue weighted by Gasteiger charge is -2.40. The highest BCUT2D eigenvalue weighted by molar-refractivity contribution is 5.96. The van der Waals surface area contributed by atoms with Crippen LogP contribution in [0, 0.1) is 5.92 Å². The van der Waals surface area contributed by atoms with Crippen molar-refractivity contribution >= 4 is 39.8 Å². The number of carbonyl (C=O) groups excluding carboxylic acids is 1. The zero-order valence-corrected chi connectivity index (χ0v) is 24.3. The molecule has 0 radical (unpaired) electrons. The maximum absolute atomic E-state index is 12.2. The fourth-order valence-corrected chi connectivity index (χ4v) is 6.15. The number of methoxy groups -OCH3 is 1. The normalized spacial score (nSPS) is 17.7. The van der Waals surface area contributed by atoms with Crippen molar-refractivity contribution in [1.82, 2.24) is 24.8 Å². The molecule has 1 saturated carbocycles. The summed E-state index contributed by atoms with van der Waals surface area (Å²) >= 11 is 0. The van der Waals surface area contributed by atoms with E-state index in [1.165, 1.54) is 30.7 Å². The molecule has 10 nitrogen and oxygen atoms in total. The molecule has 2 aliphatic heterocycles. The van der Waals surface area contributed by atoms with Crippen LogP contribution >= 0.6 is 0 Å². The molecule has 1 amide bonds. The minimum absolute atomic E-state index is 0.117. The molecule has 0 unspecified atom stereocenters. The Kier molecular flexibility index (Phi) is 7.17. The third-order valence-electron chi connectivity index (χ3n) is 8.58. The molecule has 3 fully saturated rings. The van der Waals surface area contributed by atoms with Crippen LogP contribution < -0.4 is 25.6 Å². The number of anilines is 4. The summed E-state index contributed by atoms with van der Waals surface area (Å²) in [5, 5.41) is 11.0. The Labute approximate surface area is 246 Å². The number of ether oxygens (including phenoxy) is 1. The molecule has 1 aliphatic carbocycles. The van der Waals surface area contributed by atoms with Crippen molar-refractivity contribution in [3.05, 3.63) is 54.9 Å². The van der Waals surface area contributed by atoms with E-state index in [0.717, 1.165) is 74.4 Å². The monoisotopic (exact) mass is 566 g/mol. The zero-order chi connectivity index (χ0) is 28.6. The molecule has 0 bridgehead atoms. The van der Waals surface area contributed by atoms with E-state index in [9.17, 15) is 4.79 Å². The number of piperazine rings is 1. The third-order valence-corrected chi connectivity index (χ3v) is 8.58. The molecule has 42 heavy (non-hydrogen) atoms. The molecule has 0 atom stereocenters. The van der Waals surface area contributed by atoms with Crippen molar-refractivity contribution in [2.75, 3.05) is 68.5 Å². The minimum atomic E-state index is -0.117. The molecule has 2 aromatic carbocycles. The van der Waals surface area contributed by atoms with E-state index < -0.39 is 0 Å². The number of hydrogen-bond donors (Lipinski definition) is 3. The Hall–Kier alpha value is -4.15. The summed E-state index contributed by atoms with van der Waals surface area (Å²) in [5.74, 6) is 1.78. The van der Waals surface area contributed by atoms with Crippen molar-refractivity contribution in [1.29, 1.82) is 0 Å². The Bertz CT molecular complexity index is 1600. The van der Waals surface area contributed by atoms with Gasteiger partial charge < -0.3 is 30.2 Å². The van der Waals surface area contributed by atoms with Crippen molar-refractivity contribution < 1.29 is 9.53 Å². The predicted octanol–water partition coefficient (Wildman–Crippen LogP) is 4.49. The van der Waals surface area contributed by atoms with Crippen LogP contribution in [0.15, 0.2) is 54.9 Å². The van der Waals surface area contributed by atoms with Gasteiger partial charge in [-0.2, -0.15) is 0 Å². The number of benzene rings is 2. The van der Waals surface area contributed by atoms with E-state index in [1.807, 2.05) is 18.2 Å². The molecule has 3 N–H and O–H groups in total. The van der Waals surface area contributed by atoms with Crippen molar-refractivity contribution in [3.8, 4) is 17.0 Å². The molecule has 2 saturated heterocycles. The number of fused-ring (bicyclic) bond motifs is 1. The summed E-state index contributed by atoms with van der Waals surface area (Å²) in [4.78, 5) is 26.5. The first-order valence-corrected chi connectivity index (χ1v) is 14.9. The predicted molar refractivity (Wildman–Crippen MR) is 167 cm³/mol. The summed E-state index contributed by atoms with van der Waals surface area (Å²) in [7, 11) is 1.66. The lowest BCUT2D eigenvalue weighted by molar-refractivity contribution is -0.114. The van der Waals surface area contributed by atoms with E-state index in [1.54, 1.807) is 13.3 Å². The SMILES string of the molecule is COc1cc(N2CCN(CC3CNC3)CC2)c(NC(C)=O)cc1Nc1nccc(-c2cn(C3CC3)c3ccccc23)n1. The van der Waals surface area contributed by atoms with Gasteiger partial charge in [0.1, 0.15) is 5.75 Å². The maximum Gasteiger partial charge on any atom is 0.227 e. The molecule has 7 rings (SSSR count). The molecular weight excluding hydrogens is 528 g/mol. The van der Waals surface area contributed by atoms with Crippen LogP contribution in [-0.2, 0) is 4.79 Å². The fourth-order valence-electron chi connectivity index (χ4n) is 6.15. The lowest BCUT2D eigenvalue weighted by Crippen LogP contribution is -2.53. The first-order chi connectivity index (χ1) is 20.6. The molecule has 3 aliphatic rings. The van der Waals surface area contributed by atoms with Crippen LogP contribution in [0.3, 0.4) is 0 Å². The van der Waals surface area contributed by atoms with Gasteiger partial charge in [0.2, 0.25) is 11.9 Å². The Balaban J connectivity index is 1.16. The number of carbonyl (C=O) groups is 1. The fraction of sp³-hybridized carbons (Fsp3) is 0.406. The van der Waals surface area contributed by atoms with Gasteiger partial charge in [-0.15, -0.1) is 0 Å². The van der Waals surface area contributed by atoms with Gasteiger partial charge in [0, 0.05) is 93.7 Å². The molecule has 2 aromatic heterocycles. The smallest absolute Gasteiger partial charge is 0.227 e. The Morgan fingerprint density at radius 3 is 2.60 bits per heavy atom. The summed E-state index contributed by atoms with van der Waals surface area (Å²) in [6.07, 6.45) is 6.44. The van der Waals surface area contributed by atoms with Crippen molar-refractivity contribution in [2.45, 2.75) is 25.8 Å². The van der Waals surface area contributed by atoms with Gasteiger partial charge in [-0.1, -0.05) is 18.2 Å². The van der Waals surface area contributed by atoms with Crippen LogP contribution in [0.1, 0.15) is 25.8 Å². The number of nitrogens with one attached hydrogen (secondary N) is 3. The van der Waals surface area contributed by atoms with Crippen LogP contribution in [0.2, 0.25) is 0 Å². The largest absolute Gasteiger partial charge is 0.494 e. The number of hydrogen-bond acceptors (Lipinski definition) is 8. The summed E-state index contributed by atoms with van der Waals surface area (Å²) < 4.78 is 8.22. The van der Waals surface area contributed by atoms with Crippen molar-refractivity contribution in [2.24, 2.45) is 5.92 Å². The molecule has 218 valence electrons. The van der Waals surface area contributed by atoms with Crippen LogP contribution in [0.25, 0.3) is 22.2 Å². The third kappa shape index (κ3) is 5.39. The highest BCUT2D eigenvalue weighted by Gasteiger charge is 2.27. The minimum Gasteiger partial charge on any atom is -0.494 e. The Morgan fingerprint density at radius 1 is 1.07 bits per heavy atom. The van der Waals surface area contributed by atoms with E-state index in [4.69, 9.17) is 9.72 Å². The zero-order valence-electron chi connectivity index (χ0n) is 24.3. The highest BCUT2D eigenvalue weighted by Crippen LogP contribution is 2.42. The average Bonchev–Trinajstić information content (AvgIpc) is 3.75. The van der Waals surface area contributed by atoms with Gasteiger partial charge in [0.25, 0.3) is 0 Å². The molecular formula is C32H38N8O2.